The summed E-state index contributed by atoms with van der Waals surface area (Å²) in [5.74, 6) is 2.46. The lowest BCUT2D eigenvalue weighted by Gasteiger charge is -2.46. The lowest BCUT2D eigenvalue weighted by Crippen LogP contribution is -2.50. The maximum atomic E-state index is 6.89. The quantitative estimate of drug-likeness (QED) is 0.885. The Morgan fingerprint density at radius 2 is 2.05 bits per heavy atom. The highest BCUT2D eigenvalue weighted by atomic mass is 35.5. The molecule has 0 heterocycles. The third kappa shape index (κ3) is 2.82. The van der Waals surface area contributed by atoms with E-state index in [4.69, 9.17) is 22.1 Å². The molecule has 3 unspecified atom stereocenters. The summed E-state index contributed by atoms with van der Waals surface area (Å²) in [4.78, 5) is 0. The van der Waals surface area contributed by atoms with Crippen molar-refractivity contribution in [2.75, 3.05) is 7.11 Å². The molecule has 2 nitrogen and oxygen atoms in total. The van der Waals surface area contributed by atoms with Crippen LogP contribution in [0.2, 0.25) is 5.02 Å². The standard InChI is InChI=1S/C17H26ClNO/c1-11(2)14-7-5-12(3)10-17(14,19)13-6-8-15(18)16(9-13)20-4/h6,8-9,11-12,14H,5,7,10,19H2,1-4H3. The molecular weight excluding hydrogens is 270 g/mol. The molecule has 1 aliphatic rings. The minimum Gasteiger partial charge on any atom is -0.495 e. The molecule has 2 N–H and O–H groups in total. The number of ether oxygens (including phenoxy) is 1. The maximum absolute atomic E-state index is 6.89. The number of rotatable bonds is 3. The first-order chi connectivity index (χ1) is 9.38. The average Bonchev–Trinajstić information content (AvgIpc) is 2.38. The van der Waals surface area contributed by atoms with Crippen molar-refractivity contribution in [3.63, 3.8) is 0 Å². The predicted molar refractivity (Wildman–Crippen MR) is 85.2 cm³/mol. The van der Waals surface area contributed by atoms with Crippen LogP contribution in [0, 0.1) is 17.8 Å². The van der Waals surface area contributed by atoms with Gasteiger partial charge in [-0.05, 0) is 48.3 Å². The van der Waals surface area contributed by atoms with Crippen molar-refractivity contribution in [3.8, 4) is 5.75 Å². The van der Waals surface area contributed by atoms with E-state index in [2.05, 4.69) is 26.8 Å². The van der Waals surface area contributed by atoms with Crippen LogP contribution in [-0.2, 0) is 5.54 Å². The number of hydrogen-bond donors (Lipinski definition) is 1. The number of hydrogen-bond acceptors (Lipinski definition) is 2. The van der Waals surface area contributed by atoms with Crippen LogP contribution in [0.25, 0.3) is 0 Å². The van der Waals surface area contributed by atoms with Crippen LogP contribution < -0.4 is 10.5 Å². The van der Waals surface area contributed by atoms with E-state index in [1.165, 1.54) is 12.8 Å². The highest BCUT2D eigenvalue weighted by molar-refractivity contribution is 6.32. The van der Waals surface area contributed by atoms with Gasteiger partial charge in [0, 0.05) is 5.54 Å². The van der Waals surface area contributed by atoms with Crippen molar-refractivity contribution in [1.29, 1.82) is 0 Å². The van der Waals surface area contributed by atoms with Gasteiger partial charge in [0.25, 0.3) is 0 Å². The molecule has 0 bridgehead atoms. The van der Waals surface area contributed by atoms with Crippen molar-refractivity contribution >= 4 is 11.6 Å². The fourth-order valence-electron chi connectivity index (χ4n) is 3.76. The van der Waals surface area contributed by atoms with E-state index in [1.54, 1.807) is 7.11 Å². The second kappa shape index (κ2) is 5.95. The second-order valence-corrected chi connectivity index (χ2v) is 7.03. The summed E-state index contributed by atoms with van der Waals surface area (Å²) in [5, 5.41) is 0.643. The maximum Gasteiger partial charge on any atom is 0.137 e. The van der Waals surface area contributed by atoms with Crippen LogP contribution in [0.3, 0.4) is 0 Å². The molecule has 3 atom stereocenters. The van der Waals surface area contributed by atoms with Gasteiger partial charge in [-0.15, -0.1) is 0 Å². The van der Waals surface area contributed by atoms with E-state index >= 15 is 0 Å². The predicted octanol–water partition coefficient (Wildman–Crippen LogP) is 4.59. The molecule has 0 aromatic heterocycles. The first kappa shape index (κ1) is 15.7. The van der Waals surface area contributed by atoms with Gasteiger partial charge in [0.05, 0.1) is 12.1 Å². The Balaban J connectivity index is 2.44. The lowest BCUT2D eigenvalue weighted by atomic mass is 9.63. The summed E-state index contributed by atoms with van der Waals surface area (Å²) in [6, 6.07) is 6.00. The monoisotopic (exact) mass is 295 g/mol. The number of methoxy groups -OCH3 is 1. The Labute approximate surface area is 127 Å². The smallest absolute Gasteiger partial charge is 0.137 e. The van der Waals surface area contributed by atoms with Crippen LogP contribution in [0.1, 0.15) is 45.6 Å². The van der Waals surface area contributed by atoms with Crippen molar-refractivity contribution in [2.45, 2.75) is 45.6 Å². The fraction of sp³-hybridized carbons (Fsp3) is 0.647. The molecule has 1 fully saturated rings. The third-order valence-electron chi connectivity index (χ3n) is 4.81. The second-order valence-electron chi connectivity index (χ2n) is 6.63. The first-order valence-electron chi connectivity index (χ1n) is 7.51. The van der Waals surface area contributed by atoms with Crippen molar-refractivity contribution in [1.82, 2.24) is 0 Å². The van der Waals surface area contributed by atoms with Crippen LogP contribution in [-0.4, -0.2) is 7.11 Å². The summed E-state index contributed by atoms with van der Waals surface area (Å²) in [7, 11) is 1.65. The van der Waals surface area contributed by atoms with Gasteiger partial charge in [0.15, 0.2) is 0 Å². The molecule has 0 saturated heterocycles. The molecule has 1 aromatic rings. The van der Waals surface area contributed by atoms with Crippen LogP contribution in [0.5, 0.6) is 5.75 Å². The SMILES string of the molecule is COc1cc(C2(N)CC(C)CCC2C(C)C)ccc1Cl. The molecule has 1 aromatic carbocycles. The Morgan fingerprint density at radius 1 is 1.35 bits per heavy atom. The molecule has 112 valence electrons. The minimum atomic E-state index is -0.274. The molecule has 20 heavy (non-hydrogen) atoms. The molecule has 2 rings (SSSR count). The van der Waals surface area contributed by atoms with E-state index in [9.17, 15) is 0 Å². The molecule has 1 aliphatic carbocycles. The lowest BCUT2D eigenvalue weighted by molar-refractivity contribution is 0.108. The van der Waals surface area contributed by atoms with Gasteiger partial charge in [-0.2, -0.15) is 0 Å². The van der Waals surface area contributed by atoms with E-state index in [-0.39, 0.29) is 5.54 Å². The third-order valence-corrected chi connectivity index (χ3v) is 5.12. The summed E-state index contributed by atoms with van der Waals surface area (Å²) in [6.07, 6.45) is 3.49. The van der Waals surface area contributed by atoms with Crippen LogP contribution in [0.4, 0.5) is 0 Å². The van der Waals surface area contributed by atoms with Crippen LogP contribution >= 0.6 is 11.6 Å². The van der Waals surface area contributed by atoms with Crippen molar-refractivity contribution in [3.05, 3.63) is 28.8 Å². The molecule has 0 amide bonds. The molecular formula is C17H26ClNO. The molecule has 3 heteroatoms. The highest BCUT2D eigenvalue weighted by Gasteiger charge is 2.42. The van der Waals surface area contributed by atoms with Gasteiger partial charge in [-0.3, -0.25) is 0 Å². The normalized spacial score (nSPS) is 30.6. The van der Waals surface area contributed by atoms with Crippen molar-refractivity contribution < 1.29 is 4.74 Å². The summed E-state index contributed by atoms with van der Waals surface area (Å²) in [5.41, 5.74) is 7.77. The Morgan fingerprint density at radius 3 is 2.65 bits per heavy atom. The molecule has 0 radical (unpaired) electrons. The largest absolute Gasteiger partial charge is 0.495 e. The first-order valence-corrected chi connectivity index (χ1v) is 7.89. The Bertz CT molecular complexity index is 474. The average molecular weight is 296 g/mol. The zero-order chi connectivity index (χ0) is 14.9. The Hall–Kier alpha value is -0.730. The zero-order valence-electron chi connectivity index (χ0n) is 12.9. The number of nitrogens with two attached hydrogens (primary N) is 1. The molecule has 0 spiro atoms. The Kier molecular flexibility index (Phi) is 4.66. The number of halogens is 1. The minimum absolute atomic E-state index is 0.274. The summed E-state index contributed by atoms with van der Waals surface area (Å²) >= 11 is 6.14. The van der Waals surface area contributed by atoms with E-state index in [1.807, 2.05) is 12.1 Å². The van der Waals surface area contributed by atoms with Crippen molar-refractivity contribution in [2.24, 2.45) is 23.5 Å². The summed E-state index contributed by atoms with van der Waals surface area (Å²) in [6.45, 7) is 6.84. The zero-order valence-corrected chi connectivity index (χ0v) is 13.7. The number of benzene rings is 1. The van der Waals surface area contributed by atoms with E-state index < -0.39 is 0 Å². The van der Waals surface area contributed by atoms with Gasteiger partial charge in [-0.1, -0.05) is 44.9 Å². The van der Waals surface area contributed by atoms with Gasteiger partial charge < -0.3 is 10.5 Å². The highest BCUT2D eigenvalue weighted by Crippen LogP contribution is 2.46. The topological polar surface area (TPSA) is 35.2 Å². The van der Waals surface area contributed by atoms with Gasteiger partial charge >= 0.3 is 0 Å². The van der Waals surface area contributed by atoms with Gasteiger partial charge in [-0.25, -0.2) is 0 Å². The van der Waals surface area contributed by atoms with E-state index in [0.29, 0.717) is 22.8 Å². The van der Waals surface area contributed by atoms with E-state index in [0.717, 1.165) is 17.7 Å². The molecule has 1 saturated carbocycles. The van der Waals surface area contributed by atoms with Crippen LogP contribution in [0.15, 0.2) is 18.2 Å². The molecule has 0 aliphatic heterocycles. The fourth-order valence-corrected chi connectivity index (χ4v) is 3.96. The van der Waals surface area contributed by atoms with Gasteiger partial charge in [0.1, 0.15) is 5.75 Å². The van der Waals surface area contributed by atoms with Gasteiger partial charge in [0.2, 0.25) is 0 Å². The summed E-state index contributed by atoms with van der Waals surface area (Å²) < 4.78 is 5.36.